The molecule has 0 spiro atoms. The summed E-state index contributed by atoms with van der Waals surface area (Å²) < 4.78 is 13.2. The van der Waals surface area contributed by atoms with E-state index in [1.165, 1.54) is 18.2 Å². The van der Waals surface area contributed by atoms with Crippen molar-refractivity contribution in [2.45, 2.75) is 12.8 Å². The van der Waals surface area contributed by atoms with Crippen LogP contribution in [0, 0.1) is 5.82 Å². The van der Waals surface area contributed by atoms with Gasteiger partial charge in [-0.3, -0.25) is 4.79 Å². The molecule has 0 atom stereocenters. The minimum absolute atomic E-state index is 0.0544. The first kappa shape index (κ1) is 10.9. The Labute approximate surface area is 87.2 Å². The average Bonchev–Trinajstić information content (AvgIpc) is 2.10. The number of carbonyl (C=O) groups excluding carboxylic acids is 1. The Morgan fingerprint density at radius 3 is 2.86 bits per heavy atom. The van der Waals surface area contributed by atoms with Crippen molar-refractivity contribution in [1.82, 2.24) is 0 Å². The maximum Gasteiger partial charge on any atom is 0.141 e. The van der Waals surface area contributed by atoms with Crippen molar-refractivity contribution in [3.05, 3.63) is 47.3 Å². The van der Waals surface area contributed by atoms with Gasteiger partial charge in [0.1, 0.15) is 11.6 Å². The summed E-state index contributed by atoms with van der Waals surface area (Å²) in [5, 5.41) is 0.336. The average molecular weight is 213 g/mol. The van der Waals surface area contributed by atoms with Crippen LogP contribution in [0.5, 0.6) is 0 Å². The highest BCUT2D eigenvalue weighted by atomic mass is 35.5. The van der Waals surface area contributed by atoms with Gasteiger partial charge in [0.05, 0.1) is 0 Å². The Bertz CT molecular complexity index is 360. The molecule has 0 aliphatic rings. The smallest absolute Gasteiger partial charge is 0.141 e. The van der Waals surface area contributed by atoms with Crippen LogP contribution in [-0.4, -0.2) is 5.78 Å². The molecule has 1 rings (SSSR count). The van der Waals surface area contributed by atoms with Crippen LogP contribution in [0.15, 0.2) is 30.9 Å². The molecule has 0 N–H and O–H groups in total. The quantitative estimate of drug-likeness (QED) is 0.701. The lowest BCUT2D eigenvalue weighted by Crippen LogP contribution is -2.02. The van der Waals surface area contributed by atoms with Gasteiger partial charge in [-0.1, -0.05) is 23.7 Å². The molecule has 0 radical (unpaired) electrons. The molecule has 1 nitrogen and oxygen atoms in total. The van der Waals surface area contributed by atoms with Gasteiger partial charge in [0.25, 0.3) is 0 Å². The van der Waals surface area contributed by atoms with Gasteiger partial charge in [-0.2, -0.15) is 0 Å². The SMILES string of the molecule is C=CCC(=O)Cc1ccc(Cl)cc1F. The zero-order valence-corrected chi connectivity index (χ0v) is 8.35. The molecule has 0 bridgehead atoms. The molecule has 0 unspecified atom stereocenters. The van der Waals surface area contributed by atoms with E-state index in [0.717, 1.165) is 0 Å². The highest BCUT2D eigenvalue weighted by Crippen LogP contribution is 2.15. The zero-order valence-electron chi connectivity index (χ0n) is 7.59. The number of allylic oxidation sites excluding steroid dienone is 1. The minimum Gasteiger partial charge on any atom is -0.299 e. The molecule has 0 aromatic heterocycles. The van der Waals surface area contributed by atoms with E-state index in [-0.39, 0.29) is 18.6 Å². The molecule has 0 saturated carbocycles. The van der Waals surface area contributed by atoms with Gasteiger partial charge in [-0.15, -0.1) is 6.58 Å². The van der Waals surface area contributed by atoms with E-state index >= 15 is 0 Å². The minimum atomic E-state index is -0.435. The summed E-state index contributed by atoms with van der Waals surface area (Å²) in [5.41, 5.74) is 0.376. The van der Waals surface area contributed by atoms with Gasteiger partial charge in [-0.25, -0.2) is 4.39 Å². The molecule has 1 aromatic carbocycles. The number of hydrogen-bond donors (Lipinski definition) is 0. The van der Waals surface area contributed by atoms with Crippen LogP contribution in [0.4, 0.5) is 4.39 Å². The maximum atomic E-state index is 13.2. The topological polar surface area (TPSA) is 17.1 Å². The van der Waals surface area contributed by atoms with E-state index in [0.29, 0.717) is 10.6 Å². The molecular formula is C11H10ClFO. The number of Topliss-reactive ketones (excluding diaryl/α,β-unsaturated/α-hetero) is 1. The molecule has 0 heterocycles. The molecule has 14 heavy (non-hydrogen) atoms. The second-order valence-corrected chi connectivity index (χ2v) is 3.38. The van der Waals surface area contributed by atoms with Gasteiger partial charge in [0, 0.05) is 17.9 Å². The van der Waals surface area contributed by atoms with E-state index in [2.05, 4.69) is 6.58 Å². The summed E-state index contributed by atoms with van der Waals surface area (Å²) in [7, 11) is 0. The fourth-order valence-corrected chi connectivity index (χ4v) is 1.27. The van der Waals surface area contributed by atoms with Crippen molar-refractivity contribution in [2.75, 3.05) is 0 Å². The van der Waals surface area contributed by atoms with Crippen molar-refractivity contribution >= 4 is 17.4 Å². The summed E-state index contributed by atoms with van der Waals surface area (Å²) in [6.07, 6.45) is 1.87. The summed E-state index contributed by atoms with van der Waals surface area (Å²) in [5.74, 6) is -0.490. The predicted molar refractivity (Wildman–Crippen MR) is 54.9 cm³/mol. The Kier molecular flexibility index (Phi) is 3.84. The van der Waals surface area contributed by atoms with Crippen LogP contribution in [0.3, 0.4) is 0 Å². The van der Waals surface area contributed by atoms with E-state index in [1.54, 1.807) is 6.07 Å². The maximum absolute atomic E-state index is 13.2. The molecule has 1 aromatic rings. The summed E-state index contributed by atoms with van der Waals surface area (Å²) in [6, 6.07) is 4.30. The fourth-order valence-electron chi connectivity index (χ4n) is 1.11. The second kappa shape index (κ2) is 4.91. The first-order chi connectivity index (χ1) is 6.63. The molecule has 0 saturated heterocycles. The standard InChI is InChI=1S/C11H10ClFO/c1-2-3-10(14)6-8-4-5-9(12)7-11(8)13/h2,4-5,7H,1,3,6H2. The molecular weight excluding hydrogens is 203 g/mol. The first-order valence-electron chi connectivity index (χ1n) is 4.20. The van der Waals surface area contributed by atoms with Crippen LogP contribution >= 0.6 is 11.6 Å². The molecule has 0 aliphatic carbocycles. The Morgan fingerprint density at radius 2 is 2.29 bits per heavy atom. The number of carbonyl (C=O) groups is 1. The highest BCUT2D eigenvalue weighted by molar-refractivity contribution is 6.30. The highest BCUT2D eigenvalue weighted by Gasteiger charge is 2.07. The van der Waals surface area contributed by atoms with Crippen molar-refractivity contribution in [1.29, 1.82) is 0 Å². The van der Waals surface area contributed by atoms with E-state index < -0.39 is 5.82 Å². The summed E-state index contributed by atoms with van der Waals surface area (Å²) in [6.45, 7) is 3.44. The molecule has 74 valence electrons. The van der Waals surface area contributed by atoms with Crippen LogP contribution < -0.4 is 0 Å². The van der Waals surface area contributed by atoms with Gasteiger partial charge < -0.3 is 0 Å². The number of halogens is 2. The van der Waals surface area contributed by atoms with E-state index in [1.807, 2.05) is 0 Å². The molecule has 0 aliphatic heterocycles. The Balaban J connectivity index is 2.76. The monoisotopic (exact) mass is 212 g/mol. The van der Waals surface area contributed by atoms with Gasteiger partial charge in [0.2, 0.25) is 0 Å². The largest absolute Gasteiger partial charge is 0.299 e. The lowest BCUT2D eigenvalue weighted by Gasteiger charge is -2.01. The van der Waals surface area contributed by atoms with Crippen LogP contribution in [0.1, 0.15) is 12.0 Å². The van der Waals surface area contributed by atoms with Crippen molar-refractivity contribution < 1.29 is 9.18 Å². The number of ketones is 1. The van der Waals surface area contributed by atoms with E-state index in [9.17, 15) is 9.18 Å². The van der Waals surface area contributed by atoms with Crippen LogP contribution in [0.25, 0.3) is 0 Å². The molecule has 3 heteroatoms. The Hall–Kier alpha value is -1.15. The van der Waals surface area contributed by atoms with Gasteiger partial charge in [0.15, 0.2) is 0 Å². The normalized spacial score (nSPS) is 9.86. The predicted octanol–water partition coefficient (Wildman–Crippen LogP) is 3.17. The number of hydrogen-bond acceptors (Lipinski definition) is 1. The van der Waals surface area contributed by atoms with Crippen molar-refractivity contribution in [2.24, 2.45) is 0 Å². The second-order valence-electron chi connectivity index (χ2n) is 2.94. The van der Waals surface area contributed by atoms with Crippen LogP contribution in [0.2, 0.25) is 5.02 Å². The third-order valence-corrected chi connectivity index (χ3v) is 2.01. The third kappa shape index (κ3) is 2.96. The fraction of sp³-hybridized carbons (Fsp3) is 0.182. The lowest BCUT2D eigenvalue weighted by molar-refractivity contribution is -0.117. The summed E-state index contributed by atoms with van der Waals surface area (Å²) >= 11 is 5.57. The third-order valence-electron chi connectivity index (χ3n) is 1.77. The van der Waals surface area contributed by atoms with Gasteiger partial charge >= 0.3 is 0 Å². The lowest BCUT2D eigenvalue weighted by atomic mass is 10.1. The summed E-state index contributed by atoms with van der Waals surface area (Å²) in [4.78, 5) is 11.2. The molecule has 0 fully saturated rings. The van der Waals surface area contributed by atoms with Crippen molar-refractivity contribution in [3.8, 4) is 0 Å². The van der Waals surface area contributed by atoms with E-state index in [4.69, 9.17) is 11.6 Å². The molecule has 0 amide bonds. The van der Waals surface area contributed by atoms with Gasteiger partial charge in [-0.05, 0) is 17.7 Å². The Morgan fingerprint density at radius 1 is 1.57 bits per heavy atom. The number of benzene rings is 1. The van der Waals surface area contributed by atoms with Crippen LogP contribution in [-0.2, 0) is 11.2 Å². The number of rotatable bonds is 4. The first-order valence-corrected chi connectivity index (χ1v) is 4.58. The van der Waals surface area contributed by atoms with Crippen molar-refractivity contribution in [3.63, 3.8) is 0 Å². The zero-order chi connectivity index (χ0) is 10.6.